The summed E-state index contributed by atoms with van der Waals surface area (Å²) in [5, 5.41) is 3.40. The van der Waals surface area contributed by atoms with E-state index < -0.39 is 0 Å². The minimum absolute atomic E-state index is 0.172. The normalized spacial score (nSPS) is 14.8. The number of amides is 1. The number of hydrogen-bond donors (Lipinski definition) is 1. The molecule has 1 fully saturated rings. The van der Waals surface area contributed by atoms with E-state index in [1.807, 2.05) is 66.7 Å². The standard InChI is InChI=1S/C24H20N2O2S2/c1-28-22-15-17(12-13-18(22)16-30-20-10-6-3-7-11-20)14-21-23(27)26(24(29)25-21)19-8-4-2-5-9-19/h2-15H,16H2,1H3,(H,25,29)/b21-14+. The lowest BCUT2D eigenvalue weighted by Crippen LogP contribution is -2.30. The summed E-state index contributed by atoms with van der Waals surface area (Å²) in [7, 11) is 1.66. The van der Waals surface area contributed by atoms with Gasteiger partial charge in [-0.25, -0.2) is 0 Å². The summed E-state index contributed by atoms with van der Waals surface area (Å²) in [6.07, 6.45) is 1.80. The highest BCUT2D eigenvalue weighted by Crippen LogP contribution is 2.30. The predicted molar refractivity (Wildman–Crippen MR) is 127 cm³/mol. The molecule has 1 N–H and O–H groups in total. The van der Waals surface area contributed by atoms with E-state index in [1.54, 1.807) is 24.9 Å². The van der Waals surface area contributed by atoms with Gasteiger partial charge in [0.2, 0.25) is 0 Å². The van der Waals surface area contributed by atoms with Crippen LogP contribution in [0.25, 0.3) is 6.08 Å². The van der Waals surface area contributed by atoms with Gasteiger partial charge in [0, 0.05) is 16.2 Å². The smallest absolute Gasteiger partial charge is 0.281 e. The summed E-state index contributed by atoms with van der Waals surface area (Å²) >= 11 is 7.12. The number of benzene rings is 3. The van der Waals surface area contributed by atoms with Gasteiger partial charge < -0.3 is 10.1 Å². The second-order valence-corrected chi connectivity index (χ2v) is 8.07. The lowest BCUT2D eigenvalue weighted by molar-refractivity contribution is -0.113. The Balaban J connectivity index is 1.53. The molecule has 1 aliphatic rings. The van der Waals surface area contributed by atoms with E-state index in [0.717, 1.165) is 28.3 Å². The molecule has 150 valence electrons. The molecule has 1 aliphatic heterocycles. The molecule has 4 rings (SSSR count). The molecule has 1 amide bonds. The van der Waals surface area contributed by atoms with Crippen molar-refractivity contribution in [3.8, 4) is 5.75 Å². The fourth-order valence-corrected chi connectivity index (χ4v) is 4.37. The van der Waals surface area contributed by atoms with Crippen LogP contribution >= 0.6 is 24.0 Å². The molecular weight excluding hydrogens is 412 g/mol. The third-order valence-electron chi connectivity index (χ3n) is 4.65. The van der Waals surface area contributed by atoms with Crippen LogP contribution in [0, 0.1) is 0 Å². The third kappa shape index (κ3) is 4.40. The van der Waals surface area contributed by atoms with Gasteiger partial charge in [0.25, 0.3) is 5.91 Å². The summed E-state index contributed by atoms with van der Waals surface area (Å²) in [5.74, 6) is 1.42. The number of carbonyl (C=O) groups is 1. The maximum atomic E-state index is 12.9. The van der Waals surface area contributed by atoms with Crippen molar-refractivity contribution in [1.29, 1.82) is 0 Å². The molecule has 30 heavy (non-hydrogen) atoms. The molecule has 3 aromatic rings. The van der Waals surface area contributed by atoms with Gasteiger partial charge in [0.15, 0.2) is 5.11 Å². The fraction of sp³-hybridized carbons (Fsp3) is 0.0833. The van der Waals surface area contributed by atoms with Gasteiger partial charge in [-0.05, 0) is 54.2 Å². The number of ether oxygens (including phenoxy) is 1. The molecule has 6 heteroatoms. The Morgan fingerprint density at radius 1 is 1.03 bits per heavy atom. The largest absolute Gasteiger partial charge is 0.496 e. The Bertz CT molecular complexity index is 1100. The van der Waals surface area contributed by atoms with Crippen molar-refractivity contribution in [3.05, 3.63) is 95.7 Å². The molecule has 0 atom stereocenters. The van der Waals surface area contributed by atoms with Crippen LogP contribution in [0.3, 0.4) is 0 Å². The van der Waals surface area contributed by atoms with Crippen LogP contribution in [-0.4, -0.2) is 18.1 Å². The van der Waals surface area contributed by atoms with E-state index in [1.165, 1.54) is 9.80 Å². The number of carbonyl (C=O) groups excluding carboxylic acids is 1. The van der Waals surface area contributed by atoms with E-state index in [4.69, 9.17) is 17.0 Å². The van der Waals surface area contributed by atoms with Gasteiger partial charge in [-0.2, -0.15) is 0 Å². The van der Waals surface area contributed by atoms with Crippen LogP contribution < -0.4 is 15.0 Å². The first-order chi connectivity index (χ1) is 14.7. The van der Waals surface area contributed by atoms with Crippen molar-refractivity contribution < 1.29 is 9.53 Å². The second-order valence-electron chi connectivity index (χ2n) is 6.64. The molecule has 0 aromatic heterocycles. The summed E-state index contributed by atoms with van der Waals surface area (Å²) in [4.78, 5) is 15.6. The highest BCUT2D eigenvalue weighted by molar-refractivity contribution is 7.98. The zero-order valence-corrected chi connectivity index (χ0v) is 18.0. The van der Waals surface area contributed by atoms with Gasteiger partial charge in [-0.3, -0.25) is 9.69 Å². The average molecular weight is 433 g/mol. The Kier molecular flexibility index (Phi) is 6.16. The maximum Gasteiger partial charge on any atom is 0.281 e. The number of hydrogen-bond acceptors (Lipinski definition) is 4. The third-order valence-corrected chi connectivity index (χ3v) is 6.00. The van der Waals surface area contributed by atoms with Crippen molar-refractivity contribution in [3.63, 3.8) is 0 Å². The number of para-hydroxylation sites is 1. The molecule has 4 nitrogen and oxygen atoms in total. The van der Waals surface area contributed by atoms with Crippen LogP contribution in [0.4, 0.5) is 5.69 Å². The Morgan fingerprint density at radius 3 is 2.43 bits per heavy atom. The number of rotatable bonds is 6. The number of nitrogens with one attached hydrogen (secondary N) is 1. The fourth-order valence-electron chi connectivity index (χ4n) is 3.16. The Labute approximate surface area is 185 Å². The van der Waals surface area contributed by atoms with Crippen LogP contribution in [0.1, 0.15) is 11.1 Å². The van der Waals surface area contributed by atoms with E-state index in [-0.39, 0.29) is 5.91 Å². The quantitative estimate of drug-likeness (QED) is 0.327. The van der Waals surface area contributed by atoms with Crippen LogP contribution in [0.2, 0.25) is 0 Å². The van der Waals surface area contributed by atoms with Crippen molar-refractivity contribution in [2.75, 3.05) is 12.0 Å². The van der Waals surface area contributed by atoms with E-state index >= 15 is 0 Å². The molecule has 0 radical (unpaired) electrons. The Morgan fingerprint density at radius 2 is 1.73 bits per heavy atom. The SMILES string of the molecule is COc1cc(/C=C2/NC(=S)N(c3ccccc3)C2=O)ccc1CSc1ccccc1. The molecule has 0 spiro atoms. The predicted octanol–water partition coefficient (Wildman–Crippen LogP) is 5.25. The van der Waals surface area contributed by atoms with Gasteiger partial charge in [-0.1, -0.05) is 48.5 Å². The first-order valence-corrected chi connectivity index (χ1v) is 10.8. The molecule has 0 unspecified atom stereocenters. The monoisotopic (exact) mass is 432 g/mol. The topological polar surface area (TPSA) is 41.6 Å². The molecule has 1 saturated heterocycles. The summed E-state index contributed by atoms with van der Waals surface area (Å²) < 4.78 is 5.59. The van der Waals surface area contributed by atoms with Crippen molar-refractivity contribution in [2.24, 2.45) is 0 Å². The van der Waals surface area contributed by atoms with E-state index in [9.17, 15) is 4.79 Å². The van der Waals surface area contributed by atoms with Crippen LogP contribution in [0.15, 0.2) is 89.5 Å². The number of nitrogens with zero attached hydrogens (tertiary/aromatic N) is 1. The highest BCUT2D eigenvalue weighted by Gasteiger charge is 2.31. The number of methoxy groups -OCH3 is 1. The highest BCUT2D eigenvalue weighted by atomic mass is 32.2. The van der Waals surface area contributed by atoms with Crippen molar-refractivity contribution >= 4 is 46.8 Å². The van der Waals surface area contributed by atoms with Crippen LogP contribution in [-0.2, 0) is 10.5 Å². The van der Waals surface area contributed by atoms with Crippen LogP contribution in [0.5, 0.6) is 5.75 Å². The minimum Gasteiger partial charge on any atom is -0.496 e. The summed E-state index contributed by atoms with van der Waals surface area (Å²) in [6.45, 7) is 0. The second kappa shape index (κ2) is 9.15. The van der Waals surface area contributed by atoms with Gasteiger partial charge in [0.1, 0.15) is 11.4 Å². The molecule has 3 aromatic carbocycles. The lowest BCUT2D eigenvalue weighted by Gasteiger charge is -2.13. The number of thioether (sulfide) groups is 1. The number of thiocarbonyl (C=S) groups is 1. The zero-order valence-electron chi connectivity index (χ0n) is 16.4. The number of anilines is 1. The van der Waals surface area contributed by atoms with Gasteiger partial charge in [-0.15, -0.1) is 11.8 Å². The van der Waals surface area contributed by atoms with E-state index in [2.05, 4.69) is 17.4 Å². The van der Waals surface area contributed by atoms with E-state index in [0.29, 0.717) is 10.8 Å². The zero-order chi connectivity index (χ0) is 20.9. The van der Waals surface area contributed by atoms with Gasteiger partial charge in [0.05, 0.1) is 12.8 Å². The summed E-state index contributed by atoms with van der Waals surface area (Å²) in [6, 6.07) is 25.6. The minimum atomic E-state index is -0.172. The molecule has 0 saturated carbocycles. The molecule has 0 aliphatic carbocycles. The Hall–Kier alpha value is -3.09. The molecule has 1 heterocycles. The summed E-state index contributed by atoms with van der Waals surface area (Å²) in [5.41, 5.74) is 3.15. The lowest BCUT2D eigenvalue weighted by atomic mass is 10.1. The van der Waals surface area contributed by atoms with Crippen molar-refractivity contribution in [1.82, 2.24) is 5.32 Å². The first kappa shape index (κ1) is 20.2. The molecular formula is C24H20N2O2S2. The first-order valence-electron chi connectivity index (χ1n) is 9.42. The average Bonchev–Trinajstić information content (AvgIpc) is 3.06. The van der Waals surface area contributed by atoms with Crippen molar-refractivity contribution in [2.45, 2.75) is 10.6 Å². The maximum absolute atomic E-state index is 12.9. The van der Waals surface area contributed by atoms with Gasteiger partial charge >= 0.3 is 0 Å². The molecule has 0 bridgehead atoms.